The number of halogens is 2. The summed E-state index contributed by atoms with van der Waals surface area (Å²) in [6, 6.07) is 5.47. The molecule has 1 amide bonds. The van der Waals surface area contributed by atoms with E-state index in [1.54, 1.807) is 6.07 Å². The van der Waals surface area contributed by atoms with Gasteiger partial charge in [0.05, 0.1) is 0 Å². The quantitative estimate of drug-likeness (QED) is 0.724. The fraction of sp³-hybridized carbons (Fsp3) is 0.462. The van der Waals surface area contributed by atoms with Gasteiger partial charge in [0, 0.05) is 28.5 Å². The minimum absolute atomic E-state index is 0.0918. The topological polar surface area (TPSA) is 20.3 Å². The molecule has 1 aliphatic rings. The molecule has 1 atom stereocenters. The van der Waals surface area contributed by atoms with Crippen LogP contribution in [-0.4, -0.2) is 28.7 Å². The normalized spacial score (nSPS) is 20.4. The average Bonchev–Trinajstić information content (AvgIpc) is 2.31. The molecule has 0 saturated carbocycles. The van der Waals surface area contributed by atoms with Crippen LogP contribution in [0.4, 0.5) is 0 Å². The van der Waals surface area contributed by atoms with Crippen LogP contribution in [0.15, 0.2) is 18.2 Å². The lowest BCUT2D eigenvalue weighted by Crippen LogP contribution is -2.40. The van der Waals surface area contributed by atoms with Gasteiger partial charge in [-0.15, -0.1) is 0 Å². The Morgan fingerprint density at radius 1 is 1.53 bits per heavy atom. The predicted octanol–water partition coefficient (Wildman–Crippen LogP) is 3.65. The first-order valence-corrected chi connectivity index (χ1v) is 7.07. The number of aryl methyl sites for hydroxylation is 1. The number of likely N-dealkylation sites (tertiary alicyclic amines) is 1. The molecule has 1 saturated heterocycles. The molecule has 1 heterocycles. The summed E-state index contributed by atoms with van der Waals surface area (Å²) in [6.45, 7) is 3.57. The lowest BCUT2D eigenvalue weighted by Gasteiger charge is -2.30. The van der Waals surface area contributed by atoms with Gasteiger partial charge in [0.15, 0.2) is 0 Å². The zero-order valence-corrected chi connectivity index (χ0v) is 12.1. The molecule has 17 heavy (non-hydrogen) atoms. The van der Waals surface area contributed by atoms with E-state index in [1.807, 2.05) is 24.0 Å². The van der Waals surface area contributed by atoms with E-state index in [1.165, 1.54) is 0 Å². The van der Waals surface area contributed by atoms with Crippen molar-refractivity contribution in [1.82, 2.24) is 4.90 Å². The highest BCUT2D eigenvalue weighted by atomic mass is 79.9. The van der Waals surface area contributed by atoms with Crippen molar-refractivity contribution in [2.45, 2.75) is 24.6 Å². The van der Waals surface area contributed by atoms with E-state index in [0.717, 1.165) is 37.1 Å². The smallest absolute Gasteiger partial charge is 0.254 e. The van der Waals surface area contributed by atoms with Crippen molar-refractivity contribution in [3.05, 3.63) is 34.3 Å². The van der Waals surface area contributed by atoms with Crippen molar-refractivity contribution in [3.63, 3.8) is 0 Å². The maximum Gasteiger partial charge on any atom is 0.254 e. The Bertz CT molecular complexity index is 435. The second-order valence-electron chi connectivity index (χ2n) is 4.45. The molecule has 1 unspecified atom stereocenters. The molecule has 92 valence electrons. The second kappa shape index (κ2) is 5.40. The van der Waals surface area contributed by atoms with E-state index in [4.69, 9.17) is 11.6 Å². The Labute approximate surface area is 115 Å². The van der Waals surface area contributed by atoms with Crippen LogP contribution in [0.2, 0.25) is 5.02 Å². The highest BCUT2D eigenvalue weighted by Crippen LogP contribution is 2.22. The fourth-order valence-corrected chi connectivity index (χ4v) is 2.95. The third-order valence-corrected chi connectivity index (χ3v) is 4.06. The molecule has 1 aromatic rings. The van der Waals surface area contributed by atoms with Crippen molar-refractivity contribution < 1.29 is 4.79 Å². The first kappa shape index (κ1) is 12.9. The molecular formula is C13H15BrClNO. The van der Waals surface area contributed by atoms with Crippen LogP contribution in [0.3, 0.4) is 0 Å². The standard InChI is InChI=1S/C13H15BrClNO/c1-9-4-5-11(15)7-12(9)13(17)16-6-2-3-10(14)8-16/h4-5,7,10H,2-3,6,8H2,1H3. The molecule has 0 spiro atoms. The number of alkyl halides is 1. The van der Waals surface area contributed by atoms with Gasteiger partial charge in [-0.2, -0.15) is 0 Å². The van der Waals surface area contributed by atoms with E-state index < -0.39 is 0 Å². The molecule has 4 heteroatoms. The molecule has 0 aromatic heterocycles. The predicted molar refractivity (Wildman–Crippen MR) is 74.0 cm³/mol. The second-order valence-corrected chi connectivity index (χ2v) is 6.18. The number of nitrogens with zero attached hydrogens (tertiary/aromatic N) is 1. The van der Waals surface area contributed by atoms with Gasteiger partial charge < -0.3 is 4.90 Å². The molecule has 1 aliphatic heterocycles. The molecule has 2 nitrogen and oxygen atoms in total. The molecule has 0 aliphatic carbocycles. The summed E-state index contributed by atoms with van der Waals surface area (Å²) in [5.74, 6) is 0.0918. The first-order valence-electron chi connectivity index (χ1n) is 5.77. The number of piperidine rings is 1. The summed E-state index contributed by atoms with van der Waals surface area (Å²) >= 11 is 9.53. The van der Waals surface area contributed by atoms with Crippen molar-refractivity contribution >= 4 is 33.4 Å². The van der Waals surface area contributed by atoms with Gasteiger partial charge in [0.2, 0.25) is 0 Å². The number of amides is 1. The van der Waals surface area contributed by atoms with Crippen LogP contribution in [0.5, 0.6) is 0 Å². The lowest BCUT2D eigenvalue weighted by molar-refractivity contribution is 0.0729. The van der Waals surface area contributed by atoms with Crippen molar-refractivity contribution in [1.29, 1.82) is 0 Å². The first-order chi connectivity index (χ1) is 8.08. The highest BCUT2D eigenvalue weighted by Gasteiger charge is 2.23. The summed E-state index contributed by atoms with van der Waals surface area (Å²) in [6.07, 6.45) is 2.19. The van der Waals surface area contributed by atoms with Crippen LogP contribution in [-0.2, 0) is 0 Å². The van der Waals surface area contributed by atoms with Gasteiger partial charge in [-0.1, -0.05) is 33.6 Å². The summed E-state index contributed by atoms with van der Waals surface area (Å²) < 4.78 is 0. The van der Waals surface area contributed by atoms with Crippen LogP contribution >= 0.6 is 27.5 Å². The minimum atomic E-state index is 0.0918. The van der Waals surface area contributed by atoms with E-state index >= 15 is 0 Å². The number of rotatable bonds is 1. The van der Waals surface area contributed by atoms with E-state index in [2.05, 4.69) is 15.9 Å². The summed E-state index contributed by atoms with van der Waals surface area (Å²) in [4.78, 5) is 14.7. The molecule has 0 N–H and O–H groups in total. The summed E-state index contributed by atoms with van der Waals surface area (Å²) in [5, 5.41) is 0.617. The number of benzene rings is 1. The molecule has 0 radical (unpaired) electrons. The third-order valence-electron chi connectivity index (χ3n) is 3.08. The monoisotopic (exact) mass is 315 g/mol. The number of carbonyl (C=O) groups excluding carboxylic acids is 1. The van der Waals surface area contributed by atoms with E-state index in [9.17, 15) is 4.79 Å². The third kappa shape index (κ3) is 3.02. The van der Waals surface area contributed by atoms with Gasteiger partial charge in [-0.25, -0.2) is 0 Å². The van der Waals surface area contributed by atoms with Gasteiger partial charge in [0.25, 0.3) is 5.91 Å². The van der Waals surface area contributed by atoms with Gasteiger partial charge >= 0.3 is 0 Å². The van der Waals surface area contributed by atoms with Gasteiger partial charge in [-0.05, 0) is 37.5 Å². The lowest BCUT2D eigenvalue weighted by atomic mass is 10.1. The van der Waals surface area contributed by atoms with Crippen molar-refractivity contribution in [2.75, 3.05) is 13.1 Å². The number of hydrogen-bond acceptors (Lipinski definition) is 1. The molecule has 0 bridgehead atoms. The minimum Gasteiger partial charge on any atom is -0.338 e. The maximum absolute atomic E-state index is 12.4. The summed E-state index contributed by atoms with van der Waals surface area (Å²) in [5.41, 5.74) is 1.70. The van der Waals surface area contributed by atoms with Crippen molar-refractivity contribution in [3.8, 4) is 0 Å². The zero-order valence-electron chi connectivity index (χ0n) is 9.75. The zero-order chi connectivity index (χ0) is 12.4. The number of hydrogen-bond donors (Lipinski definition) is 0. The van der Waals surface area contributed by atoms with Crippen LogP contribution in [0, 0.1) is 6.92 Å². The Morgan fingerprint density at radius 3 is 3.00 bits per heavy atom. The molecular weight excluding hydrogens is 302 g/mol. The van der Waals surface area contributed by atoms with Gasteiger partial charge in [-0.3, -0.25) is 4.79 Å². The SMILES string of the molecule is Cc1ccc(Cl)cc1C(=O)N1CCCC(Br)C1. The van der Waals surface area contributed by atoms with Gasteiger partial charge in [0.1, 0.15) is 0 Å². The Kier molecular flexibility index (Phi) is 4.10. The Morgan fingerprint density at radius 2 is 2.29 bits per heavy atom. The van der Waals surface area contributed by atoms with Crippen molar-refractivity contribution in [2.24, 2.45) is 0 Å². The molecule has 2 rings (SSSR count). The maximum atomic E-state index is 12.4. The largest absolute Gasteiger partial charge is 0.338 e. The average molecular weight is 317 g/mol. The Hall–Kier alpha value is -0.540. The molecule has 1 aromatic carbocycles. The van der Waals surface area contributed by atoms with Crippen LogP contribution in [0.25, 0.3) is 0 Å². The molecule has 1 fully saturated rings. The van der Waals surface area contributed by atoms with E-state index in [-0.39, 0.29) is 5.91 Å². The highest BCUT2D eigenvalue weighted by molar-refractivity contribution is 9.09. The summed E-state index contributed by atoms with van der Waals surface area (Å²) in [7, 11) is 0. The fourth-order valence-electron chi connectivity index (χ4n) is 2.10. The Balaban J connectivity index is 2.21. The number of carbonyl (C=O) groups is 1. The van der Waals surface area contributed by atoms with Crippen LogP contribution in [0.1, 0.15) is 28.8 Å². The van der Waals surface area contributed by atoms with Crippen LogP contribution < -0.4 is 0 Å². The van der Waals surface area contributed by atoms with E-state index in [0.29, 0.717) is 9.85 Å².